The van der Waals surface area contributed by atoms with Crippen LogP contribution in [-0.4, -0.2) is 47.1 Å². The molecule has 110 valence electrons. The Balaban J connectivity index is 2.35. The van der Waals surface area contributed by atoms with Crippen LogP contribution in [0.25, 0.3) is 0 Å². The Morgan fingerprint density at radius 2 is 1.79 bits per heavy atom. The van der Waals surface area contributed by atoms with Crippen molar-refractivity contribution in [3.63, 3.8) is 0 Å². The molecule has 1 saturated heterocycles. The molecular weight excluding hydrogens is 244 g/mol. The number of hydrogen-bond acceptors (Lipinski definition) is 3. The molecule has 1 heterocycles. The van der Waals surface area contributed by atoms with Crippen molar-refractivity contribution in [3.8, 4) is 0 Å². The van der Waals surface area contributed by atoms with Gasteiger partial charge in [-0.3, -0.25) is 9.59 Å². The number of carbonyl (C=O) groups is 2. The van der Waals surface area contributed by atoms with Crippen LogP contribution in [0.2, 0.25) is 0 Å². The number of amides is 1. The molecule has 1 aliphatic rings. The molecule has 1 aliphatic heterocycles. The molecule has 5 nitrogen and oxygen atoms in total. The van der Waals surface area contributed by atoms with Gasteiger partial charge in [-0.25, -0.2) is 0 Å². The first kappa shape index (κ1) is 16.0. The van der Waals surface area contributed by atoms with Crippen LogP contribution in [0.15, 0.2) is 0 Å². The van der Waals surface area contributed by atoms with E-state index in [4.69, 9.17) is 5.11 Å². The molecule has 0 unspecified atom stereocenters. The first-order valence-electron chi connectivity index (χ1n) is 6.90. The first-order valence-corrected chi connectivity index (χ1v) is 6.90. The van der Waals surface area contributed by atoms with Crippen molar-refractivity contribution < 1.29 is 14.7 Å². The first-order chi connectivity index (χ1) is 8.64. The molecule has 1 rings (SSSR count). The zero-order valence-electron chi connectivity index (χ0n) is 12.5. The van der Waals surface area contributed by atoms with E-state index in [1.54, 1.807) is 11.8 Å². The van der Waals surface area contributed by atoms with Gasteiger partial charge in [-0.15, -0.1) is 0 Å². The monoisotopic (exact) mass is 270 g/mol. The van der Waals surface area contributed by atoms with Gasteiger partial charge in [0.1, 0.15) is 0 Å². The van der Waals surface area contributed by atoms with Crippen molar-refractivity contribution in [2.75, 3.05) is 19.6 Å². The third-order valence-electron chi connectivity index (χ3n) is 3.73. The van der Waals surface area contributed by atoms with E-state index in [2.05, 4.69) is 26.1 Å². The van der Waals surface area contributed by atoms with Crippen LogP contribution in [0.5, 0.6) is 0 Å². The zero-order valence-corrected chi connectivity index (χ0v) is 12.5. The number of carbonyl (C=O) groups excluding carboxylic acids is 1. The van der Waals surface area contributed by atoms with Crippen LogP contribution in [0.4, 0.5) is 0 Å². The van der Waals surface area contributed by atoms with Gasteiger partial charge in [0.05, 0.1) is 5.41 Å². The van der Waals surface area contributed by atoms with Crippen LogP contribution < -0.4 is 5.32 Å². The van der Waals surface area contributed by atoms with Crippen molar-refractivity contribution in [3.05, 3.63) is 0 Å². The van der Waals surface area contributed by atoms with Crippen LogP contribution >= 0.6 is 0 Å². The van der Waals surface area contributed by atoms with Crippen molar-refractivity contribution in [2.24, 2.45) is 5.41 Å². The molecule has 0 aromatic heterocycles. The van der Waals surface area contributed by atoms with Gasteiger partial charge in [-0.1, -0.05) is 0 Å². The molecule has 19 heavy (non-hydrogen) atoms. The molecule has 0 spiro atoms. The molecule has 1 fully saturated rings. The summed E-state index contributed by atoms with van der Waals surface area (Å²) in [5.74, 6) is -0.641. The maximum Gasteiger partial charge on any atom is 0.309 e. The molecule has 0 atom stereocenters. The lowest BCUT2D eigenvalue weighted by Crippen LogP contribution is -2.46. The Hall–Kier alpha value is -1.10. The maximum atomic E-state index is 12.0. The van der Waals surface area contributed by atoms with E-state index in [0.717, 1.165) is 0 Å². The lowest BCUT2D eigenvalue weighted by Gasteiger charge is -2.36. The van der Waals surface area contributed by atoms with Gasteiger partial charge in [0.2, 0.25) is 5.91 Å². The molecule has 0 aromatic rings. The highest BCUT2D eigenvalue weighted by molar-refractivity contribution is 5.78. The Labute approximate surface area is 115 Å². The Morgan fingerprint density at radius 3 is 2.21 bits per heavy atom. The molecule has 0 radical (unpaired) electrons. The lowest BCUT2D eigenvalue weighted by molar-refractivity contribution is -0.153. The second kappa shape index (κ2) is 5.90. The molecule has 0 aliphatic carbocycles. The average Bonchev–Trinajstić information content (AvgIpc) is 2.27. The van der Waals surface area contributed by atoms with E-state index in [-0.39, 0.29) is 11.4 Å². The quantitative estimate of drug-likeness (QED) is 0.812. The Kier molecular flexibility index (Phi) is 4.96. The highest BCUT2D eigenvalue weighted by Crippen LogP contribution is 2.31. The number of likely N-dealkylation sites (tertiary alicyclic amines) is 1. The smallest absolute Gasteiger partial charge is 0.309 e. The highest BCUT2D eigenvalue weighted by Gasteiger charge is 2.37. The molecule has 5 heteroatoms. The number of carboxylic acid groups (broad SMARTS) is 1. The summed E-state index contributed by atoms with van der Waals surface area (Å²) in [6.45, 7) is 9.73. The summed E-state index contributed by atoms with van der Waals surface area (Å²) in [4.78, 5) is 24.9. The van der Waals surface area contributed by atoms with Crippen molar-refractivity contribution >= 4 is 11.9 Å². The summed E-state index contributed by atoms with van der Waals surface area (Å²) in [6.07, 6.45) is 1.56. The third kappa shape index (κ3) is 4.82. The summed E-state index contributed by atoms with van der Waals surface area (Å²) >= 11 is 0. The minimum absolute atomic E-state index is 0.0179. The molecule has 1 amide bonds. The van der Waals surface area contributed by atoms with E-state index in [1.165, 1.54) is 0 Å². The van der Waals surface area contributed by atoms with Gasteiger partial charge in [0.15, 0.2) is 0 Å². The van der Waals surface area contributed by atoms with Gasteiger partial charge < -0.3 is 15.3 Å². The second-order valence-electron chi connectivity index (χ2n) is 6.67. The van der Waals surface area contributed by atoms with Crippen molar-refractivity contribution in [2.45, 2.75) is 52.5 Å². The van der Waals surface area contributed by atoms with Gasteiger partial charge >= 0.3 is 5.97 Å². The summed E-state index contributed by atoms with van der Waals surface area (Å²) in [5, 5.41) is 12.4. The fourth-order valence-corrected chi connectivity index (χ4v) is 2.17. The number of rotatable bonds is 4. The summed E-state index contributed by atoms with van der Waals surface area (Å²) in [7, 11) is 0. The normalized spacial score (nSPS) is 19.3. The SMILES string of the molecule is CC(C)(C)NCCC(=O)N1CCC(C)(C(=O)O)CC1. The number of aliphatic carboxylic acids is 1. The topological polar surface area (TPSA) is 69.6 Å². The number of carboxylic acids is 1. The van der Waals surface area contributed by atoms with Gasteiger partial charge in [-0.05, 0) is 40.5 Å². The number of nitrogens with one attached hydrogen (secondary N) is 1. The minimum Gasteiger partial charge on any atom is -0.481 e. The minimum atomic E-state index is -0.756. The standard InChI is InChI=1S/C14H26N2O3/c1-13(2,3)15-8-5-11(17)16-9-6-14(4,7-10-16)12(18)19/h15H,5-10H2,1-4H3,(H,18,19). The lowest BCUT2D eigenvalue weighted by atomic mass is 9.80. The number of hydrogen-bond donors (Lipinski definition) is 2. The van der Waals surface area contributed by atoms with E-state index in [9.17, 15) is 9.59 Å². The molecule has 2 N–H and O–H groups in total. The summed E-state index contributed by atoms with van der Waals surface area (Å²) < 4.78 is 0. The van der Waals surface area contributed by atoms with E-state index < -0.39 is 11.4 Å². The fourth-order valence-electron chi connectivity index (χ4n) is 2.17. The van der Waals surface area contributed by atoms with Crippen LogP contribution in [0, 0.1) is 5.41 Å². The second-order valence-corrected chi connectivity index (χ2v) is 6.67. The van der Waals surface area contributed by atoms with Crippen LogP contribution in [0.3, 0.4) is 0 Å². The van der Waals surface area contributed by atoms with E-state index in [0.29, 0.717) is 38.9 Å². The molecular formula is C14H26N2O3. The molecule has 0 saturated carbocycles. The average molecular weight is 270 g/mol. The predicted molar refractivity (Wildman–Crippen MR) is 73.9 cm³/mol. The molecule has 0 bridgehead atoms. The number of nitrogens with zero attached hydrogens (tertiary/aromatic N) is 1. The van der Waals surface area contributed by atoms with E-state index >= 15 is 0 Å². The number of piperidine rings is 1. The zero-order chi connectivity index (χ0) is 14.7. The molecule has 0 aromatic carbocycles. The van der Waals surface area contributed by atoms with Crippen LogP contribution in [-0.2, 0) is 9.59 Å². The maximum absolute atomic E-state index is 12.0. The van der Waals surface area contributed by atoms with Gasteiger partial charge in [0.25, 0.3) is 0 Å². The van der Waals surface area contributed by atoms with E-state index in [1.807, 2.05) is 0 Å². The largest absolute Gasteiger partial charge is 0.481 e. The third-order valence-corrected chi connectivity index (χ3v) is 3.73. The van der Waals surface area contributed by atoms with Gasteiger partial charge in [0, 0.05) is 31.6 Å². The van der Waals surface area contributed by atoms with Gasteiger partial charge in [-0.2, -0.15) is 0 Å². The highest BCUT2D eigenvalue weighted by atomic mass is 16.4. The predicted octanol–water partition coefficient (Wildman–Crippen LogP) is 1.48. The Bertz CT molecular complexity index is 339. The fraction of sp³-hybridized carbons (Fsp3) is 0.857. The van der Waals surface area contributed by atoms with Crippen molar-refractivity contribution in [1.29, 1.82) is 0 Å². The summed E-state index contributed by atoms with van der Waals surface area (Å²) in [5.41, 5.74) is -0.648. The van der Waals surface area contributed by atoms with Crippen LogP contribution in [0.1, 0.15) is 47.0 Å². The summed E-state index contributed by atoms with van der Waals surface area (Å²) in [6, 6.07) is 0. The Morgan fingerprint density at radius 1 is 1.26 bits per heavy atom. The van der Waals surface area contributed by atoms with Crippen molar-refractivity contribution in [1.82, 2.24) is 10.2 Å².